The van der Waals surface area contributed by atoms with Crippen LogP contribution in [-0.2, 0) is 11.2 Å². The summed E-state index contributed by atoms with van der Waals surface area (Å²) >= 11 is 0. The molecule has 0 saturated heterocycles. The van der Waals surface area contributed by atoms with E-state index in [0.29, 0.717) is 0 Å². The fourth-order valence-corrected chi connectivity index (χ4v) is 3.01. The molecular weight excluding hydrogens is 236 g/mol. The maximum Gasteiger partial charge on any atom is 0.303 e. The highest BCUT2D eigenvalue weighted by atomic mass is 16.4. The van der Waals surface area contributed by atoms with Gasteiger partial charge in [0.2, 0.25) is 0 Å². The molecule has 0 spiro atoms. The summed E-state index contributed by atoms with van der Waals surface area (Å²) in [6.07, 6.45) is 2.06. The number of hydrogen-bond acceptors (Lipinski definition) is 1. The lowest BCUT2D eigenvalue weighted by molar-refractivity contribution is -0.137. The summed E-state index contributed by atoms with van der Waals surface area (Å²) in [5, 5.41) is 9.10. The smallest absolute Gasteiger partial charge is 0.303 e. The summed E-state index contributed by atoms with van der Waals surface area (Å²) in [5.74, 6) is -0.605. The first-order valence-corrected chi connectivity index (χ1v) is 6.64. The maximum atomic E-state index is 11.1. The normalized spacial score (nSPS) is 17.2. The van der Waals surface area contributed by atoms with Crippen molar-refractivity contribution >= 4 is 5.97 Å². The zero-order chi connectivity index (χ0) is 13.2. The van der Waals surface area contributed by atoms with Gasteiger partial charge in [0, 0.05) is 0 Å². The van der Waals surface area contributed by atoms with Crippen molar-refractivity contribution in [1.82, 2.24) is 0 Å². The van der Waals surface area contributed by atoms with Crippen molar-refractivity contribution < 1.29 is 9.90 Å². The van der Waals surface area contributed by atoms with Crippen LogP contribution in [0, 0.1) is 0 Å². The second-order valence-corrected chi connectivity index (χ2v) is 5.08. The fourth-order valence-electron chi connectivity index (χ4n) is 3.01. The van der Waals surface area contributed by atoms with Crippen LogP contribution in [0.4, 0.5) is 0 Å². The number of carboxylic acid groups (broad SMARTS) is 1. The van der Waals surface area contributed by atoms with Gasteiger partial charge in [-0.05, 0) is 41.0 Å². The van der Waals surface area contributed by atoms with Gasteiger partial charge in [-0.2, -0.15) is 0 Å². The van der Waals surface area contributed by atoms with Crippen molar-refractivity contribution in [3.63, 3.8) is 0 Å². The van der Waals surface area contributed by atoms with E-state index in [1.165, 1.54) is 22.3 Å². The lowest BCUT2D eigenvalue weighted by Crippen LogP contribution is -2.07. The molecule has 3 rings (SSSR count). The molecule has 19 heavy (non-hydrogen) atoms. The maximum absolute atomic E-state index is 11.1. The van der Waals surface area contributed by atoms with E-state index in [4.69, 9.17) is 5.11 Å². The van der Waals surface area contributed by atoms with Crippen LogP contribution >= 0.6 is 0 Å². The largest absolute Gasteiger partial charge is 0.481 e. The highest BCUT2D eigenvalue weighted by Gasteiger charge is 2.23. The number of carbonyl (C=O) groups is 1. The first-order valence-electron chi connectivity index (χ1n) is 6.64. The molecule has 2 aromatic rings. The van der Waals surface area contributed by atoms with Crippen LogP contribution in [0.2, 0.25) is 0 Å². The molecule has 0 amide bonds. The summed E-state index contributed by atoms with van der Waals surface area (Å²) in [6, 6.07) is 16.6. The van der Waals surface area contributed by atoms with Crippen molar-refractivity contribution in [3.8, 4) is 11.1 Å². The zero-order valence-corrected chi connectivity index (χ0v) is 10.7. The highest BCUT2D eigenvalue weighted by Crippen LogP contribution is 2.39. The van der Waals surface area contributed by atoms with E-state index in [0.717, 1.165) is 12.8 Å². The molecule has 0 aromatic heterocycles. The van der Waals surface area contributed by atoms with Crippen molar-refractivity contribution in [2.24, 2.45) is 0 Å². The van der Waals surface area contributed by atoms with E-state index in [1.54, 1.807) is 0 Å². The molecule has 0 heterocycles. The molecule has 1 aliphatic rings. The molecule has 2 heteroatoms. The average molecular weight is 252 g/mol. The number of carboxylic acids is 1. The van der Waals surface area contributed by atoms with Gasteiger partial charge in [-0.3, -0.25) is 4.79 Å². The van der Waals surface area contributed by atoms with E-state index < -0.39 is 5.97 Å². The predicted octanol–water partition coefficient (Wildman–Crippen LogP) is 3.86. The Bertz CT molecular complexity index is 616. The first-order chi connectivity index (χ1) is 9.25. The minimum absolute atomic E-state index is 0.112. The Labute approximate surface area is 112 Å². The van der Waals surface area contributed by atoms with Crippen molar-refractivity contribution in [2.75, 3.05) is 0 Å². The van der Waals surface area contributed by atoms with E-state index >= 15 is 0 Å². The van der Waals surface area contributed by atoms with Gasteiger partial charge in [-0.25, -0.2) is 0 Å². The summed E-state index contributed by atoms with van der Waals surface area (Å²) in [6.45, 7) is 0. The Kier molecular flexibility index (Phi) is 3.08. The van der Waals surface area contributed by atoms with Crippen LogP contribution in [-0.4, -0.2) is 11.1 Å². The topological polar surface area (TPSA) is 37.3 Å². The Morgan fingerprint density at radius 2 is 1.74 bits per heavy atom. The molecule has 1 atom stereocenters. The average Bonchev–Trinajstić information content (AvgIpc) is 2.57. The number of aryl methyl sites for hydroxylation is 1. The fraction of sp³-hybridized carbons (Fsp3) is 0.235. The lowest BCUT2D eigenvalue weighted by atomic mass is 9.89. The summed E-state index contributed by atoms with van der Waals surface area (Å²) < 4.78 is 0. The molecule has 0 bridgehead atoms. The Morgan fingerprint density at radius 3 is 2.53 bits per heavy atom. The van der Waals surface area contributed by atoms with Crippen LogP contribution in [0.15, 0.2) is 48.5 Å². The molecule has 2 aromatic carbocycles. The second-order valence-electron chi connectivity index (χ2n) is 5.08. The molecule has 1 N–H and O–H groups in total. The highest BCUT2D eigenvalue weighted by molar-refractivity contribution is 5.74. The number of fused-ring (bicyclic) bond motifs is 3. The van der Waals surface area contributed by atoms with Gasteiger partial charge in [0.1, 0.15) is 0 Å². The van der Waals surface area contributed by atoms with Crippen LogP contribution in [0.1, 0.15) is 29.9 Å². The van der Waals surface area contributed by atoms with Crippen LogP contribution in [0.5, 0.6) is 0 Å². The molecule has 0 fully saturated rings. The van der Waals surface area contributed by atoms with Gasteiger partial charge in [0.15, 0.2) is 0 Å². The lowest BCUT2D eigenvalue weighted by Gasteiger charge is -2.15. The van der Waals surface area contributed by atoms with Gasteiger partial charge in [0.05, 0.1) is 6.42 Å². The molecule has 1 unspecified atom stereocenters. The minimum atomic E-state index is -0.717. The number of benzene rings is 2. The predicted molar refractivity (Wildman–Crippen MR) is 75.2 cm³/mol. The third-order valence-corrected chi connectivity index (χ3v) is 3.89. The summed E-state index contributed by atoms with van der Waals surface area (Å²) in [5.41, 5.74) is 4.95. The van der Waals surface area contributed by atoms with Crippen molar-refractivity contribution in [2.45, 2.75) is 25.2 Å². The molecule has 96 valence electrons. The Hall–Kier alpha value is -2.09. The Morgan fingerprint density at radius 1 is 1.05 bits per heavy atom. The standard InChI is InChI=1S/C17H16O2/c18-17(19)11-13-10-9-12-5-1-2-6-14(12)16-8-4-3-7-15(13)16/h1-8,13H,9-11H2,(H,18,19). The second kappa shape index (κ2) is 4.88. The number of rotatable bonds is 2. The van der Waals surface area contributed by atoms with Gasteiger partial charge >= 0.3 is 5.97 Å². The van der Waals surface area contributed by atoms with Gasteiger partial charge in [-0.1, -0.05) is 48.5 Å². The van der Waals surface area contributed by atoms with E-state index in [-0.39, 0.29) is 12.3 Å². The van der Waals surface area contributed by atoms with Crippen LogP contribution in [0.3, 0.4) is 0 Å². The van der Waals surface area contributed by atoms with E-state index in [1.807, 2.05) is 18.2 Å². The van der Waals surface area contributed by atoms with Crippen LogP contribution < -0.4 is 0 Å². The number of aliphatic carboxylic acids is 1. The number of hydrogen-bond donors (Lipinski definition) is 1. The first kappa shape index (κ1) is 12.0. The van der Waals surface area contributed by atoms with Gasteiger partial charge < -0.3 is 5.11 Å². The third-order valence-electron chi connectivity index (χ3n) is 3.89. The Balaban J connectivity index is 2.13. The van der Waals surface area contributed by atoms with Crippen molar-refractivity contribution in [1.29, 1.82) is 0 Å². The third kappa shape index (κ3) is 2.26. The SMILES string of the molecule is O=C(O)CC1CCc2ccccc2-c2ccccc21. The zero-order valence-electron chi connectivity index (χ0n) is 10.7. The molecular formula is C17H16O2. The van der Waals surface area contributed by atoms with E-state index in [9.17, 15) is 4.79 Å². The van der Waals surface area contributed by atoms with Crippen LogP contribution in [0.25, 0.3) is 11.1 Å². The molecule has 0 saturated carbocycles. The van der Waals surface area contributed by atoms with E-state index in [2.05, 4.69) is 30.3 Å². The minimum Gasteiger partial charge on any atom is -0.481 e. The molecule has 0 radical (unpaired) electrons. The molecule has 0 aliphatic heterocycles. The van der Waals surface area contributed by atoms with Crippen molar-refractivity contribution in [3.05, 3.63) is 59.7 Å². The quantitative estimate of drug-likeness (QED) is 0.881. The summed E-state index contributed by atoms with van der Waals surface area (Å²) in [4.78, 5) is 11.1. The van der Waals surface area contributed by atoms with Gasteiger partial charge in [-0.15, -0.1) is 0 Å². The monoisotopic (exact) mass is 252 g/mol. The van der Waals surface area contributed by atoms with Gasteiger partial charge in [0.25, 0.3) is 0 Å². The molecule has 2 nitrogen and oxygen atoms in total. The molecule has 1 aliphatic carbocycles. The summed E-state index contributed by atoms with van der Waals surface area (Å²) in [7, 11) is 0.